The van der Waals surface area contributed by atoms with Gasteiger partial charge in [-0.05, 0) is 54.8 Å². The lowest BCUT2D eigenvalue weighted by Crippen LogP contribution is -2.35. The maximum atomic E-state index is 13.5. The second-order valence-electron chi connectivity index (χ2n) is 6.79. The average molecular weight is 410 g/mol. The molecule has 0 aliphatic rings. The molecule has 2 amide bonds. The lowest BCUT2D eigenvalue weighted by molar-refractivity contribution is 0.252. The molecule has 3 rings (SSSR count). The summed E-state index contributed by atoms with van der Waals surface area (Å²) >= 11 is 0. The van der Waals surface area contributed by atoms with Crippen molar-refractivity contribution in [1.82, 2.24) is 10.3 Å². The first-order chi connectivity index (χ1) is 13.9. The van der Waals surface area contributed by atoms with Crippen LogP contribution < -0.4 is 10.6 Å². The van der Waals surface area contributed by atoms with Crippen LogP contribution in [0.4, 0.5) is 10.5 Å². The van der Waals surface area contributed by atoms with Crippen molar-refractivity contribution in [3.63, 3.8) is 0 Å². The quantitative estimate of drug-likeness (QED) is 0.643. The monoisotopic (exact) mass is 409 g/mol. The van der Waals surface area contributed by atoms with Crippen LogP contribution in [0.5, 0.6) is 0 Å². The number of carbonyl (C=O) groups is 1. The van der Waals surface area contributed by atoms with Crippen LogP contribution in [0.1, 0.15) is 21.9 Å². The summed E-state index contributed by atoms with van der Waals surface area (Å²) in [6, 6.07) is 17.2. The van der Waals surface area contributed by atoms with E-state index in [1.165, 1.54) is 6.20 Å². The fraction of sp³-hybridized carbons (Fsp3) is 0.182. The molecule has 1 aromatic heterocycles. The molecule has 7 heteroatoms. The molecule has 0 radical (unpaired) electrons. The van der Waals surface area contributed by atoms with Crippen molar-refractivity contribution in [2.45, 2.75) is 24.0 Å². The van der Waals surface area contributed by atoms with Crippen molar-refractivity contribution in [1.29, 1.82) is 0 Å². The summed E-state index contributed by atoms with van der Waals surface area (Å²) in [7, 11) is -3.76. The van der Waals surface area contributed by atoms with Crippen molar-refractivity contribution in [2.75, 3.05) is 11.9 Å². The summed E-state index contributed by atoms with van der Waals surface area (Å²) in [6.45, 7) is 3.53. The van der Waals surface area contributed by atoms with Crippen LogP contribution in [-0.2, 0) is 9.84 Å². The van der Waals surface area contributed by atoms with Gasteiger partial charge < -0.3 is 10.6 Å². The number of sulfone groups is 1. The molecule has 0 aliphatic heterocycles. The van der Waals surface area contributed by atoms with Crippen molar-refractivity contribution in [3.8, 4) is 0 Å². The summed E-state index contributed by atoms with van der Waals surface area (Å²) in [4.78, 5) is 16.6. The predicted molar refractivity (Wildman–Crippen MR) is 114 cm³/mol. The Morgan fingerprint density at radius 3 is 2.48 bits per heavy atom. The zero-order valence-corrected chi connectivity index (χ0v) is 17.1. The minimum atomic E-state index is -3.76. The fourth-order valence-electron chi connectivity index (χ4n) is 3.02. The number of carbonyl (C=O) groups excluding carboxylic acids is 1. The maximum Gasteiger partial charge on any atom is 0.319 e. The number of hydrogen-bond donors (Lipinski definition) is 2. The van der Waals surface area contributed by atoms with Gasteiger partial charge in [-0.1, -0.05) is 36.4 Å². The Labute approximate surface area is 170 Å². The number of urea groups is 1. The van der Waals surface area contributed by atoms with E-state index in [0.29, 0.717) is 16.8 Å². The summed E-state index contributed by atoms with van der Waals surface area (Å²) in [5.41, 5.74) is 2.67. The first-order valence-electron chi connectivity index (χ1n) is 9.19. The Bertz CT molecular complexity index is 1080. The van der Waals surface area contributed by atoms with Crippen LogP contribution in [0.15, 0.2) is 78.0 Å². The van der Waals surface area contributed by atoms with E-state index in [1.54, 1.807) is 61.7 Å². The van der Waals surface area contributed by atoms with Gasteiger partial charge in [0.1, 0.15) is 5.25 Å². The molecule has 0 aliphatic carbocycles. The summed E-state index contributed by atoms with van der Waals surface area (Å²) in [6.07, 6.45) is 3.10. The highest BCUT2D eigenvalue weighted by Gasteiger charge is 2.31. The van der Waals surface area contributed by atoms with Crippen LogP contribution in [0, 0.1) is 13.8 Å². The number of pyridine rings is 1. The molecule has 0 saturated carbocycles. The van der Waals surface area contributed by atoms with Crippen LogP contribution in [0.2, 0.25) is 0 Å². The molecule has 0 unspecified atom stereocenters. The van der Waals surface area contributed by atoms with Gasteiger partial charge >= 0.3 is 6.03 Å². The van der Waals surface area contributed by atoms with Gasteiger partial charge in [-0.2, -0.15) is 0 Å². The Hall–Kier alpha value is -3.19. The Morgan fingerprint density at radius 2 is 1.79 bits per heavy atom. The van der Waals surface area contributed by atoms with E-state index in [4.69, 9.17) is 0 Å². The third-order valence-electron chi connectivity index (χ3n) is 4.56. The number of benzene rings is 2. The van der Waals surface area contributed by atoms with Gasteiger partial charge in [0, 0.05) is 24.6 Å². The third-order valence-corrected chi connectivity index (χ3v) is 6.80. The van der Waals surface area contributed by atoms with Crippen LogP contribution in [0.25, 0.3) is 0 Å². The van der Waals surface area contributed by atoms with Crippen molar-refractivity contribution < 1.29 is 13.2 Å². The first-order valence-corrected chi connectivity index (χ1v) is 10.7. The molecule has 3 aromatic rings. The molecular formula is C22H23N3O3S. The molecule has 0 saturated heterocycles. The van der Waals surface area contributed by atoms with E-state index in [2.05, 4.69) is 15.6 Å². The largest absolute Gasteiger partial charge is 0.336 e. The molecule has 6 nitrogen and oxygen atoms in total. The molecule has 29 heavy (non-hydrogen) atoms. The average Bonchev–Trinajstić information content (AvgIpc) is 2.71. The molecule has 2 aromatic carbocycles. The smallest absolute Gasteiger partial charge is 0.319 e. The molecule has 1 heterocycles. The number of nitrogens with one attached hydrogen (secondary N) is 2. The number of nitrogens with zero attached hydrogens (tertiary/aromatic N) is 1. The minimum Gasteiger partial charge on any atom is -0.336 e. The zero-order chi connectivity index (χ0) is 20.9. The normalized spacial score (nSPS) is 12.2. The number of amides is 2. The van der Waals surface area contributed by atoms with Gasteiger partial charge in [0.15, 0.2) is 9.84 Å². The summed E-state index contributed by atoms with van der Waals surface area (Å²) < 4.78 is 27.0. The van der Waals surface area contributed by atoms with E-state index >= 15 is 0 Å². The Balaban J connectivity index is 1.87. The van der Waals surface area contributed by atoms with Crippen molar-refractivity contribution >= 4 is 21.6 Å². The van der Waals surface area contributed by atoms with Gasteiger partial charge in [-0.25, -0.2) is 13.2 Å². The molecule has 0 bridgehead atoms. The van der Waals surface area contributed by atoms with Crippen molar-refractivity contribution in [3.05, 3.63) is 89.7 Å². The minimum absolute atomic E-state index is 0.0833. The lowest BCUT2D eigenvalue weighted by atomic mass is 10.2. The van der Waals surface area contributed by atoms with E-state index in [0.717, 1.165) is 5.56 Å². The number of aromatic nitrogens is 1. The van der Waals surface area contributed by atoms with Crippen molar-refractivity contribution in [2.24, 2.45) is 0 Å². The first kappa shape index (κ1) is 20.5. The Kier molecular flexibility index (Phi) is 6.29. The molecule has 1 atom stereocenters. The number of hydrogen-bond acceptors (Lipinski definition) is 4. The summed E-state index contributed by atoms with van der Waals surface area (Å²) in [5, 5.41) is 4.42. The highest BCUT2D eigenvalue weighted by molar-refractivity contribution is 7.91. The van der Waals surface area contributed by atoms with E-state index in [-0.39, 0.29) is 11.4 Å². The number of para-hydroxylation sites is 1. The Morgan fingerprint density at radius 1 is 1.03 bits per heavy atom. The molecule has 0 spiro atoms. The molecular weight excluding hydrogens is 386 g/mol. The van der Waals surface area contributed by atoms with Gasteiger partial charge in [0.2, 0.25) is 0 Å². The van der Waals surface area contributed by atoms with Gasteiger partial charge in [0.25, 0.3) is 0 Å². The second-order valence-corrected chi connectivity index (χ2v) is 8.89. The highest BCUT2D eigenvalue weighted by atomic mass is 32.2. The number of rotatable bonds is 6. The van der Waals surface area contributed by atoms with E-state index < -0.39 is 21.1 Å². The SMILES string of the molecule is Cc1ccc(C)c(S(=O)(=O)[C@@H](CNC(=O)Nc2ccccc2)c2cccnc2)c1. The molecule has 0 fully saturated rings. The predicted octanol–water partition coefficient (Wildman–Crippen LogP) is 4.04. The fourth-order valence-corrected chi connectivity index (χ4v) is 5.00. The lowest BCUT2D eigenvalue weighted by Gasteiger charge is -2.20. The van der Waals surface area contributed by atoms with Gasteiger partial charge in [0.05, 0.1) is 4.90 Å². The van der Waals surface area contributed by atoms with Gasteiger partial charge in [-0.3, -0.25) is 4.98 Å². The van der Waals surface area contributed by atoms with E-state index in [1.807, 2.05) is 19.1 Å². The standard InChI is InChI=1S/C22H23N3O3S/c1-16-10-11-17(2)20(13-16)29(27,28)21(18-7-6-12-23-14-18)15-24-22(26)25-19-8-4-3-5-9-19/h3-14,21H,15H2,1-2H3,(H2,24,25,26)/t21-/m0/s1. The topological polar surface area (TPSA) is 88.2 Å². The molecule has 150 valence electrons. The maximum absolute atomic E-state index is 13.5. The van der Waals surface area contributed by atoms with Crippen LogP contribution in [-0.4, -0.2) is 26.0 Å². The highest BCUT2D eigenvalue weighted by Crippen LogP contribution is 2.30. The van der Waals surface area contributed by atoms with E-state index in [9.17, 15) is 13.2 Å². The third kappa shape index (κ3) is 5.00. The molecule has 2 N–H and O–H groups in total. The second kappa shape index (κ2) is 8.87. The summed E-state index contributed by atoms with van der Waals surface area (Å²) in [5.74, 6) is 0. The van der Waals surface area contributed by atoms with Gasteiger partial charge in [-0.15, -0.1) is 0 Å². The van der Waals surface area contributed by atoms with Crippen LogP contribution >= 0.6 is 0 Å². The number of aryl methyl sites for hydroxylation is 2. The number of anilines is 1. The van der Waals surface area contributed by atoms with Crippen LogP contribution in [0.3, 0.4) is 0 Å². The zero-order valence-electron chi connectivity index (χ0n) is 16.3.